The highest BCUT2D eigenvalue weighted by Crippen LogP contribution is 2.23. The van der Waals surface area contributed by atoms with Gasteiger partial charge in [-0.25, -0.2) is 5.43 Å². The Kier molecular flexibility index (Phi) is 5.31. The van der Waals surface area contributed by atoms with E-state index < -0.39 is 0 Å². The lowest BCUT2D eigenvalue weighted by Gasteiger charge is -2.06. The number of pyridine rings is 1. The first-order valence-electron chi connectivity index (χ1n) is 6.34. The van der Waals surface area contributed by atoms with Crippen LogP contribution in [0.15, 0.2) is 47.8 Å². The summed E-state index contributed by atoms with van der Waals surface area (Å²) in [5.41, 5.74) is 4.50. The molecule has 2 rings (SSSR count). The number of hydrazone groups is 1. The van der Waals surface area contributed by atoms with E-state index in [0.29, 0.717) is 27.7 Å². The summed E-state index contributed by atoms with van der Waals surface area (Å²) in [5, 5.41) is 5.08. The third kappa shape index (κ3) is 4.03. The summed E-state index contributed by atoms with van der Waals surface area (Å²) < 4.78 is 0. The van der Waals surface area contributed by atoms with Crippen LogP contribution < -0.4 is 5.43 Å². The van der Waals surface area contributed by atoms with Gasteiger partial charge in [0.05, 0.1) is 21.3 Å². The van der Waals surface area contributed by atoms with E-state index in [-0.39, 0.29) is 5.91 Å². The standard InChI is InChI=1S/C15H13Cl2N3O/c1-2-14(10-5-6-12(16)13(17)8-10)19-20-15(21)11-4-3-7-18-9-11/h3-9H,2H2,1H3,(H,20,21)/b19-14-. The van der Waals surface area contributed by atoms with Gasteiger partial charge in [0.1, 0.15) is 0 Å². The van der Waals surface area contributed by atoms with Crippen LogP contribution in [0.25, 0.3) is 0 Å². The van der Waals surface area contributed by atoms with E-state index in [1.807, 2.05) is 13.0 Å². The Hall–Kier alpha value is -1.91. The van der Waals surface area contributed by atoms with Crippen molar-refractivity contribution in [1.29, 1.82) is 0 Å². The maximum atomic E-state index is 11.9. The fraction of sp³-hybridized carbons (Fsp3) is 0.133. The lowest BCUT2D eigenvalue weighted by molar-refractivity contribution is 0.0954. The molecule has 1 aromatic heterocycles. The molecule has 0 bridgehead atoms. The molecule has 0 saturated carbocycles. The number of hydrogen-bond acceptors (Lipinski definition) is 3. The molecular formula is C15H13Cl2N3O. The quantitative estimate of drug-likeness (QED) is 0.685. The molecule has 6 heteroatoms. The second-order valence-corrected chi connectivity index (χ2v) is 5.04. The van der Waals surface area contributed by atoms with Gasteiger partial charge in [-0.3, -0.25) is 9.78 Å². The van der Waals surface area contributed by atoms with Gasteiger partial charge in [0, 0.05) is 12.4 Å². The summed E-state index contributed by atoms with van der Waals surface area (Å²) >= 11 is 11.9. The van der Waals surface area contributed by atoms with Crippen LogP contribution in [-0.2, 0) is 0 Å². The second kappa shape index (κ2) is 7.20. The Bertz CT molecular complexity index is 672. The van der Waals surface area contributed by atoms with E-state index in [1.165, 1.54) is 6.20 Å². The Morgan fingerprint density at radius 1 is 1.24 bits per heavy atom. The molecule has 2 aromatic rings. The van der Waals surface area contributed by atoms with Crippen molar-refractivity contribution >= 4 is 34.8 Å². The molecule has 21 heavy (non-hydrogen) atoms. The summed E-state index contributed by atoms with van der Waals surface area (Å²) in [6.45, 7) is 1.94. The summed E-state index contributed by atoms with van der Waals surface area (Å²) in [5.74, 6) is -0.311. The third-order valence-electron chi connectivity index (χ3n) is 2.80. The molecule has 1 heterocycles. The van der Waals surface area contributed by atoms with E-state index in [0.717, 1.165) is 5.56 Å². The van der Waals surface area contributed by atoms with Gasteiger partial charge in [0.15, 0.2) is 0 Å². The van der Waals surface area contributed by atoms with Gasteiger partial charge in [-0.05, 0) is 36.2 Å². The lowest BCUT2D eigenvalue weighted by Crippen LogP contribution is -2.20. The Morgan fingerprint density at radius 2 is 2.05 bits per heavy atom. The monoisotopic (exact) mass is 321 g/mol. The maximum absolute atomic E-state index is 11.9. The van der Waals surface area contributed by atoms with Crippen molar-refractivity contribution in [3.63, 3.8) is 0 Å². The van der Waals surface area contributed by atoms with Crippen LogP contribution in [0.4, 0.5) is 0 Å². The smallest absolute Gasteiger partial charge is 0.267 e. The van der Waals surface area contributed by atoms with Crippen molar-refractivity contribution < 1.29 is 4.79 Å². The van der Waals surface area contributed by atoms with Crippen LogP contribution in [-0.4, -0.2) is 16.6 Å². The topological polar surface area (TPSA) is 54.4 Å². The molecule has 1 N–H and O–H groups in total. The molecule has 1 aromatic carbocycles. The van der Waals surface area contributed by atoms with Crippen LogP contribution in [0.1, 0.15) is 29.3 Å². The highest BCUT2D eigenvalue weighted by Gasteiger charge is 2.07. The number of halogens is 2. The third-order valence-corrected chi connectivity index (χ3v) is 3.54. The lowest BCUT2D eigenvalue weighted by atomic mass is 10.1. The van der Waals surface area contributed by atoms with Crippen molar-refractivity contribution in [3.05, 3.63) is 63.9 Å². The molecule has 0 fully saturated rings. The number of hydrogen-bond donors (Lipinski definition) is 1. The number of carbonyl (C=O) groups excluding carboxylic acids is 1. The molecule has 0 aliphatic heterocycles. The number of benzene rings is 1. The summed E-state index contributed by atoms with van der Waals surface area (Å²) in [7, 11) is 0. The van der Waals surface area contributed by atoms with Gasteiger partial charge in [-0.15, -0.1) is 0 Å². The molecule has 4 nitrogen and oxygen atoms in total. The van der Waals surface area contributed by atoms with Crippen molar-refractivity contribution in [2.24, 2.45) is 5.10 Å². The molecular weight excluding hydrogens is 309 g/mol. The highest BCUT2D eigenvalue weighted by molar-refractivity contribution is 6.42. The van der Waals surface area contributed by atoms with Crippen molar-refractivity contribution in [3.8, 4) is 0 Å². The van der Waals surface area contributed by atoms with E-state index in [1.54, 1.807) is 30.5 Å². The van der Waals surface area contributed by atoms with Gasteiger partial charge in [0.25, 0.3) is 5.91 Å². The van der Waals surface area contributed by atoms with Crippen molar-refractivity contribution in [2.75, 3.05) is 0 Å². The average molecular weight is 322 g/mol. The van der Waals surface area contributed by atoms with Gasteiger partial charge in [-0.1, -0.05) is 36.2 Å². The predicted molar refractivity (Wildman–Crippen MR) is 85.0 cm³/mol. The van der Waals surface area contributed by atoms with Gasteiger partial charge in [0.2, 0.25) is 0 Å². The zero-order valence-electron chi connectivity index (χ0n) is 11.3. The molecule has 0 atom stereocenters. The first-order valence-corrected chi connectivity index (χ1v) is 7.09. The van der Waals surface area contributed by atoms with Gasteiger partial charge in [-0.2, -0.15) is 5.10 Å². The van der Waals surface area contributed by atoms with Crippen LogP contribution in [0.3, 0.4) is 0 Å². The number of amides is 1. The molecule has 108 valence electrons. The Balaban J connectivity index is 2.17. The van der Waals surface area contributed by atoms with Crippen LogP contribution >= 0.6 is 23.2 Å². The van der Waals surface area contributed by atoms with E-state index in [2.05, 4.69) is 15.5 Å². The van der Waals surface area contributed by atoms with Crippen molar-refractivity contribution in [2.45, 2.75) is 13.3 Å². The van der Waals surface area contributed by atoms with Gasteiger partial charge >= 0.3 is 0 Å². The largest absolute Gasteiger partial charge is 0.272 e. The molecule has 1 amide bonds. The van der Waals surface area contributed by atoms with Crippen LogP contribution in [0.5, 0.6) is 0 Å². The fourth-order valence-corrected chi connectivity index (χ4v) is 2.00. The maximum Gasteiger partial charge on any atom is 0.272 e. The van der Waals surface area contributed by atoms with E-state index in [4.69, 9.17) is 23.2 Å². The first kappa shape index (κ1) is 15.5. The molecule has 0 aliphatic carbocycles. The Labute approximate surface area is 132 Å². The molecule has 0 saturated heterocycles. The van der Waals surface area contributed by atoms with Gasteiger partial charge < -0.3 is 0 Å². The number of carbonyl (C=O) groups is 1. The predicted octanol–water partition coefficient (Wildman–Crippen LogP) is 3.93. The number of nitrogens with zero attached hydrogens (tertiary/aromatic N) is 2. The SMILES string of the molecule is CC/C(=N/NC(=O)c1cccnc1)c1ccc(Cl)c(Cl)c1. The minimum absolute atomic E-state index is 0.311. The van der Waals surface area contributed by atoms with Crippen molar-refractivity contribution in [1.82, 2.24) is 10.4 Å². The fourth-order valence-electron chi connectivity index (χ4n) is 1.70. The Morgan fingerprint density at radius 3 is 2.67 bits per heavy atom. The molecule has 0 radical (unpaired) electrons. The molecule has 0 aliphatic rings. The zero-order valence-corrected chi connectivity index (χ0v) is 12.8. The zero-order chi connectivity index (χ0) is 15.2. The van der Waals surface area contributed by atoms with Crippen LogP contribution in [0, 0.1) is 0 Å². The minimum Gasteiger partial charge on any atom is -0.267 e. The average Bonchev–Trinajstić information content (AvgIpc) is 2.52. The second-order valence-electron chi connectivity index (χ2n) is 4.22. The summed E-state index contributed by atoms with van der Waals surface area (Å²) in [6.07, 6.45) is 3.73. The first-order chi connectivity index (χ1) is 10.1. The number of rotatable bonds is 4. The number of aromatic nitrogens is 1. The summed E-state index contributed by atoms with van der Waals surface area (Å²) in [4.78, 5) is 15.8. The number of nitrogens with one attached hydrogen (secondary N) is 1. The normalized spacial score (nSPS) is 11.3. The van der Waals surface area contributed by atoms with E-state index in [9.17, 15) is 4.79 Å². The highest BCUT2D eigenvalue weighted by atomic mass is 35.5. The molecule has 0 spiro atoms. The summed E-state index contributed by atoms with van der Waals surface area (Å²) in [6, 6.07) is 8.60. The minimum atomic E-state index is -0.311. The molecule has 0 unspecified atom stereocenters. The van der Waals surface area contributed by atoms with E-state index >= 15 is 0 Å². The van der Waals surface area contributed by atoms with Crippen LogP contribution in [0.2, 0.25) is 10.0 Å².